The topological polar surface area (TPSA) is 63.7 Å². The third kappa shape index (κ3) is 2.71. The van der Waals surface area contributed by atoms with E-state index in [4.69, 9.17) is 16.4 Å². The molecule has 0 N–H and O–H groups in total. The molecule has 3 rings (SSSR count). The first-order valence-corrected chi connectivity index (χ1v) is 7.29. The number of aryl methyl sites for hydroxylation is 1. The standard InChI is InChI=1S/C17H12ClNO4/c1-10-5-4-6-11(15(10)18)9-14(20)23-19-16(21)12-7-2-3-8-13(12)17(19)22/h2-8H,9H2,1H3. The molecule has 0 saturated heterocycles. The third-order valence-electron chi connectivity index (χ3n) is 3.56. The summed E-state index contributed by atoms with van der Waals surface area (Å²) in [6, 6.07) is 11.6. The number of rotatable bonds is 3. The van der Waals surface area contributed by atoms with Gasteiger partial charge in [-0.2, -0.15) is 0 Å². The summed E-state index contributed by atoms with van der Waals surface area (Å²) in [7, 11) is 0. The average Bonchev–Trinajstić information content (AvgIpc) is 2.77. The molecule has 0 saturated carbocycles. The Morgan fingerprint density at radius 2 is 1.65 bits per heavy atom. The number of halogens is 1. The van der Waals surface area contributed by atoms with Crippen LogP contribution in [0.3, 0.4) is 0 Å². The molecular weight excluding hydrogens is 318 g/mol. The maximum atomic E-state index is 12.1. The number of benzene rings is 2. The molecule has 6 heteroatoms. The highest BCUT2D eigenvalue weighted by atomic mass is 35.5. The third-order valence-corrected chi connectivity index (χ3v) is 4.10. The van der Waals surface area contributed by atoms with Crippen molar-refractivity contribution in [1.82, 2.24) is 5.06 Å². The Labute approximate surface area is 137 Å². The van der Waals surface area contributed by atoms with E-state index in [0.717, 1.165) is 5.56 Å². The molecule has 2 aromatic rings. The fourth-order valence-corrected chi connectivity index (χ4v) is 2.58. The summed E-state index contributed by atoms with van der Waals surface area (Å²) >= 11 is 6.13. The molecule has 2 aromatic carbocycles. The monoisotopic (exact) mass is 329 g/mol. The molecule has 116 valence electrons. The first-order valence-electron chi connectivity index (χ1n) is 6.91. The first kappa shape index (κ1) is 15.2. The number of hydrogen-bond donors (Lipinski definition) is 0. The van der Waals surface area contributed by atoms with Crippen LogP contribution in [0, 0.1) is 6.92 Å². The fourth-order valence-electron chi connectivity index (χ4n) is 2.38. The Bertz CT molecular complexity index is 796. The largest absolute Gasteiger partial charge is 0.337 e. The lowest BCUT2D eigenvalue weighted by molar-refractivity contribution is -0.167. The number of hydroxylamine groups is 2. The van der Waals surface area contributed by atoms with Gasteiger partial charge in [0, 0.05) is 5.02 Å². The summed E-state index contributed by atoms with van der Waals surface area (Å²) in [6.07, 6.45) is -0.131. The molecular formula is C17H12ClNO4. The minimum atomic E-state index is -0.730. The van der Waals surface area contributed by atoms with E-state index in [1.54, 1.807) is 24.3 Å². The Morgan fingerprint density at radius 3 is 2.26 bits per heavy atom. The highest BCUT2D eigenvalue weighted by Crippen LogP contribution is 2.24. The number of hydrogen-bond acceptors (Lipinski definition) is 4. The molecule has 0 unspecified atom stereocenters. The van der Waals surface area contributed by atoms with Crippen LogP contribution in [-0.2, 0) is 16.1 Å². The van der Waals surface area contributed by atoms with Crippen LogP contribution in [0.15, 0.2) is 42.5 Å². The van der Waals surface area contributed by atoms with Crippen LogP contribution in [0.4, 0.5) is 0 Å². The van der Waals surface area contributed by atoms with Crippen molar-refractivity contribution in [2.24, 2.45) is 0 Å². The highest BCUT2D eigenvalue weighted by molar-refractivity contribution is 6.32. The van der Waals surface area contributed by atoms with Crippen LogP contribution in [0.25, 0.3) is 0 Å². The van der Waals surface area contributed by atoms with E-state index >= 15 is 0 Å². The number of amides is 2. The van der Waals surface area contributed by atoms with Gasteiger partial charge in [-0.1, -0.05) is 47.0 Å². The lowest BCUT2D eigenvalue weighted by atomic mass is 10.1. The van der Waals surface area contributed by atoms with E-state index in [-0.39, 0.29) is 17.5 Å². The molecule has 0 bridgehead atoms. The zero-order valence-electron chi connectivity index (χ0n) is 12.2. The van der Waals surface area contributed by atoms with Crippen LogP contribution in [-0.4, -0.2) is 22.8 Å². The highest BCUT2D eigenvalue weighted by Gasteiger charge is 2.38. The van der Waals surface area contributed by atoms with Crippen molar-refractivity contribution < 1.29 is 19.2 Å². The Kier molecular flexibility index (Phi) is 3.88. The zero-order valence-corrected chi connectivity index (χ0v) is 13.0. The fraction of sp³-hybridized carbons (Fsp3) is 0.118. The zero-order chi connectivity index (χ0) is 16.6. The van der Waals surface area contributed by atoms with Crippen LogP contribution >= 0.6 is 11.6 Å². The molecule has 0 aliphatic carbocycles. The summed E-state index contributed by atoms with van der Waals surface area (Å²) in [5, 5.41) is 0.961. The van der Waals surface area contributed by atoms with Crippen molar-refractivity contribution in [2.45, 2.75) is 13.3 Å². The lowest BCUT2D eigenvalue weighted by Gasteiger charge is -2.13. The Balaban J connectivity index is 1.76. The second kappa shape index (κ2) is 5.85. The smallest absolute Gasteiger partial charge is 0.329 e. The van der Waals surface area contributed by atoms with E-state index < -0.39 is 17.8 Å². The van der Waals surface area contributed by atoms with Crippen LogP contribution < -0.4 is 0 Å². The van der Waals surface area contributed by atoms with Gasteiger partial charge in [0.25, 0.3) is 11.8 Å². The number of nitrogens with zero attached hydrogens (tertiary/aromatic N) is 1. The molecule has 0 fully saturated rings. The minimum Gasteiger partial charge on any atom is -0.329 e. The van der Waals surface area contributed by atoms with Crippen LogP contribution in [0.1, 0.15) is 31.8 Å². The van der Waals surface area contributed by atoms with E-state index in [1.165, 1.54) is 12.1 Å². The minimum absolute atomic E-state index is 0.131. The van der Waals surface area contributed by atoms with E-state index in [1.807, 2.05) is 13.0 Å². The molecule has 1 heterocycles. The summed E-state index contributed by atoms with van der Waals surface area (Å²) in [4.78, 5) is 41.2. The SMILES string of the molecule is Cc1cccc(CC(=O)ON2C(=O)c3ccccc3C2=O)c1Cl. The van der Waals surface area contributed by atoms with Gasteiger partial charge in [-0.15, -0.1) is 0 Å². The molecule has 0 atom stereocenters. The van der Waals surface area contributed by atoms with Crippen molar-refractivity contribution in [2.75, 3.05) is 0 Å². The van der Waals surface area contributed by atoms with E-state index in [9.17, 15) is 14.4 Å². The molecule has 0 radical (unpaired) electrons. The number of imide groups is 1. The van der Waals surface area contributed by atoms with Gasteiger partial charge in [-0.3, -0.25) is 9.59 Å². The number of carbonyl (C=O) groups excluding carboxylic acids is 3. The molecule has 23 heavy (non-hydrogen) atoms. The molecule has 2 amide bonds. The maximum Gasteiger partial charge on any atom is 0.337 e. The van der Waals surface area contributed by atoms with Gasteiger partial charge < -0.3 is 4.84 Å². The van der Waals surface area contributed by atoms with Crippen molar-refractivity contribution in [3.8, 4) is 0 Å². The van der Waals surface area contributed by atoms with Crippen LogP contribution in [0.5, 0.6) is 0 Å². The first-order chi connectivity index (χ1) is 11.0. The van der Waals surface area contributed by atoms with Gasteiger partial charge in [0.2, 0.25) is 0 Å². The Morgan fingerprint density at radius 1 is 1.04 bits per heavy atom. The summed E-state index contributed by atoms with van der Waals surface area (Å²) in [5.74, 6) is -2.02. The molecule has 5 nitrogen and oxygen atoms in total. The van der Waals surface area contributed by atoms with Crippen LogP contribution in [0.2, 0.25) is 5.02 Å². The van der Waals surface area contributed by atoms with Gasteiger partial charge in [0.15, 0.2) is 0 Å². The maximum absolute atomic E-state index is 12.1. The second-order valence-electron chi connectivity index (χ2n) is 5.14. The van der Waals surface area contributed by atoms with Gasteiger partial charge in [-0.05, 0) is 30.2 Å². The van der Waals surface area contributed by atoms with Crippen molar-refractivity contribution in [3.05, 3.63) is 69.7 Å². The summed E-state index contributed by atoms with van der Waals surface area (Å²) in [5.41, 5.74) is 1.85. The summed E-state index contributed by atoms with van der Waals surface area (Å²) < 4.78 is 0. The lowest BCUT2D eigenvalue weighted by Crippen LogP contribution is -2.33. The Hall–Kier alpha value is -2.66. The predicted octanol–water partition coefficient (Wildman–Crippen LogP) is 2.95. The predicted molar refractivity (Wildman–Crippen MR) is 82.9 cm³/mol. The average molecular weight is 330 g/mol. The van der Waals surface area contributed by atoms with E-state index in [0.29, 0.717) is 15.6 Å². The molecule has 0 spiro atoms. The molecule has 1 aliphatic heterocycles. The molecule has 1 aliphatic rings. The number of carbonyl (C=O) groups is 3. The molecule has 0 aromatic heterocycles. The number of fused-ring (bicyclic) bond motifs is 1. The van der Waals surface area contributed by atoms with Crippen molar-refractivity contribution >= 4 is 29.4 Å². The van der Waals surface area contributed by atoms with E-state index in [2.05, 4.69) is 0 Å². The van der Waals surface area contributed by atoms with Gasteiger partial charge in [0.05, 0.1) is 17.5 Å². The summed E-state index contributed by atoms with van der Waals surface area (Å²) in [6.45, 7) is 1.82. The normalized spacial score (nSPS) is 13.2. The van der Waals surface area contributed by atoms with Gasteiger partial charge in [0.1, 0.15) is 0 Å². The van der Waals surface area contributed by atoms with Crippen molar-refractivity contribution in [3.63, 3.8) is 0 Å². The second-order valence-corrected chi connectivity index (χ2v) is 5.52. The van der Waals surface area contributed by atoms with Crippen molar-refractivity contribution in [1.29, 1.82) is 0 Å². The van der Waals surface area contributed by atoms with Gasteiger partial charge in [-0.25, -0.2) is 4.79 Å². The quantitative estimate of drug-likeness (QED) is 0.812. The van der Waals surface area contributed by atoms with Gasteiger partial charge >= 0.3 is 5.97 Å².